The molecule has 7 heteroatoms. The first kappa shape index (κ1) is 18.3. The third-order valence-corrected chi connectivity index (χ3v) is 6.47. The Bertz CT molecular complexity index is 1310. The lowest BCUT2D eigenvalue weighted by atomic mass is 9.83. The molecule has 1 saturated carbocycles. The number of halogens is 1. The molecule has 0 aliphatic heterocycles. The van der Waals surface area contributed by atoms with Crippen LogP contribution in [0.2, 0.25) is 0 Å². The van der Waals surface area contributed by atoms with Gasteiger partial charge in [0.15, 0.2) is 5.65 Å². The van der Waals surface area contributed by atoms with Gasteiger partial charge in [-0.25, -0.2) is 19.0 Å². The van der Waals surface area contributed by atoms with Crippen LogP contribution in [0.15, 0.2) is 42.7 Å². The maximum absolute atomic E-state index is 14.1. The maximum Gasteiger partial charge on any atom is 0.164 e. The van der Waals surface area contributed by atoms with Crippen LogP contribution in [0.4, 0.5) is 10.2 Å². The number of anilines is 1. The lowest BCUT2D eigenvalue weighted by Crippen LogP contribution is -2.20. The number of hydrogen-bond donors (Lipinski definition) is 2. The Hall–Kier alpha value is -3.48. The van der Waals surface area contributed by atoms with Crippen molar-refractivity contribution >= 4 is 16.9 Å². The highest BCUT2D eigenvalue weighted by molar-refractivity contribution is 5.98. The zero-order valence-corrected chi connectivity index (χ0v) is 16.9. The van der Waals surface area contributed by atoms with Crippen molar-refractivity contribution in [1.29, 1.82) is 0 Å². The van der Waals surface area contributed by atoms with Crippen LogP contribution in [-0.4, -0.2) is 24.9 Å². The Labute approximate surface area is 178 Å². The van der Waals surface area contributed by atoms with Crippen LogP contribution in [0.1, 0.15) is 54.3 Å². The molecule has 0 bridgehead atoms. The average molecular weight is 415 g/mol. The fraction of sp³-hybridized carbons (Fsp3) is 0.292. The van der Waals surface area contributed by atoms with Gasteiger partial charge in [0.2, 0.25) is 0 Å². The van der Waals surface area contributed by atoms with E-state index >= 15 is 0 Å². The van der Waals surface area contributed by atoms with Gasteiger partial charge in [-0.15, -0.1) is 0 Å². The standard InChI is InChI=1S/C24H22FN5O/c25-16-9-15(10-17(31)11-16)22-21-23(26)27-12-28-24(21)30(29-22)19-6-2-4-14-3-1-5-18(20(14)19)13-7-8-13/h1,3,5,9-13,19,31H,2,4,6-8H2,(H2,26,27,28). The highest BCUT2D eigenvalue weighted by Gasteiger charge is 2.34. The van der Waals surface area contributed by atoms with E-state index in [0.29, 0.717) is 34.0 Å². The highest BCUT2D eigenvalue weighted by atomic mass is 19.1. The second-order valence-corrected chi connectivity index (χ2v) is 8.55. The number of benzene rings is 2. The van der Waals surface area contributed by atoms with Gasteiger partial charge >= 0.3 is 0 Å². The van der Waals surface area contributed by atoms with Crippen LogP contribution in [0.25, 0.3) is 22.3 Å². The lowest BCUT2D eigenvalue weighted by molar-refractivity contribution is 0.457. The minimum atomic E-state index is -0.535. The third kappa shape index (κ3) is 2.95. The minimum Gasteiger partial charge on any atom is -0.508 e. The highest BCUT2D eigenvalue weighted by Crippen LogP contribution is 2.47. The Morgan fingerprint density at radius 2 is 1.97 bits per heavy atom. The van der Waals surface area contributed by atoms with Crippen molar-refractivity contribution in [3.8, 4) is 17.0 Å². The first-order valence-electron chi connectivity index (χ1n) is 10.7. The first-order valence-corrected chi connectivity index (χ1v) is 10.7. The molecule has 2 aromatic carbocycles. The molecule has 0 radical (unpaired) electrons. The van der Waals surface area contributed by atoms with Crippen molar-refractivity contribution in [2.75, 3.05) is 5.73 Å². The molecule has 1 atom stereocenters. The predicted octanol–water partition coefficient (Wildman–Crippen LogP) is 4.72. The lowest BCUT2D eigenvalue weighted by Gasteiger charge is -2.28. The topological polar surface area (TPSA) is 89.8 Å². The molecule has 1 fully saturated rings. The van der Waals surface area contributed by atoms with Crippen LogP contribution >= 0.6 is 0 Å². The number of hydrogen-bond acceptors (Lipinski definition) is 5. The number of aryl methyl sites for hydroxylation is 1. The average Bonchev–Trinajstić information content (AvgIpc) is 3.52. The molecule has 2 aliphatic rings. The van der Waals surface area contributed by atoms with Gasteiger partial charge in [-0.05, 0) is 66.8 Å². The molecule has 1 unspecified atom stereocenters. The molecular weight excluding hydrogens is 393 g/mol. The van der Waals surface area contributed by atoms with E-state index in [-0.39, 0.29) is 11.8 Å². The smallest absolute Gasteiger partial charge is 0.164 e. The molecule has 2 aliphatic carbocycles. The largest absolute Gasteiger partial charge is 0.508 e. The van der Waals surface area contributed by atoms with Gasteiger partial charge in [0, 0.05) is 11.6 Å². The van der Waals surface area contributed by atoms with E-state index in [1.54, 1.807) is 0 Å². The van der Waals surface area contributed by atoms with E-state index in [9.17, 15) is 9.50 Å². The number of aromatic hydroxyl groups is 1. The van der Waals surface area contributed by atoms with Crippen molar-refractivity contribution in [1.82, 2.24) is 19.7 Å². The number of nitrogen functional groups attached to an aromatic ring is 1. The summed E-state index contributed by atoms with van der Waals surface area (Å²) in [6, 6.07) is 10.6. The van der Waals surface area contributed by atoms with Gasteiger partial charge in [-0.3, -0.25) is 0 Å². The van der Waals surface area contributed by atoms with Gasteiger partial charge < -0.3 is 10.8 Å². The van der Waals surface area contributed by atoms with Crippen LogP contribution in [0.3, 0.4) is 0 Å². The van der Waals surface area contributed by atoms with Gasteiger partial charge in [0.25, 0.3) is 0 Å². The van der Waals surface area contributed by atoms with Gasteiger partial charge in [0.05, 0.1) is 11.4 Å². The molecule has 0 spiro atoms. The van der Waals surface area contributed by atoms with Gasteiger partial charge in [-0.1, -0.05) is 18.2 Å². The molecule has 31 heavy (non-hydrogen) atoms. The molecule has 2 heterocycles. The van der Waals surface area contributed by atoms with Gasteiger partial charge in [-0.2, -0.15) is 5.10 Å². The summed E-state index contributed by atoms with van der Waals surface area (Å²) in [7, 11) is 0. The van der Waals surface area contributed by atoms with E-state index < -0.39 is 5.82 Å². The summed E-state index contributed by atoms with van der Waals surface area (Å²) in [5.74, 6) is 0.220. The molecule has 0 amide bonds. The molecule has 6 nitrogen and oxygen atoms in total. The minimum absolute atomic E-state index is 0.0354. The molecule has 0 saturated heterocycles. The molecule has 3 N–H and O–H groups in total. The number of phenols is 1. The maximum atomic E-state index is 14.1. The zero-order chi connectivity index (χ0) is 21.1. The van der Waals surface area contributed by atoms with E-state index in [1.165, 1.54) is 48.0 Å². The van der Waals surface area contributed by atoms with Crippen molar-refractivity contribution in [2.24, 2.45) is 0 Å². The van der Waals surface area contributed by atoms with Crippen molar-refractivity contribution < 1.29 is 9.50 Å². The van der Waals surface area contributed by atoms with Crippen molar-refractivity contribution in [3.63, 3.8) is 0 Å². The van der Waals surface area contributed by atoms with Crippen LogP contribution < -0.4 is 5.73 Å². The second-order valence-electron chi connectivity index (χ2n) is 8.55. The summed E-state index contributed by atoms with van der Waals surface area (Å²) in [5.41, 5.74) is 11.9. The Balaban J connectivity index is 1.60. The number of aromatic nitrogens is 4. The second kappa shape index (κ2) is 6.77. The summed E-state index contributed by atoms with van der Waals surface area (Å²) in [6.45, 7) is 0. The van der Waals surface area contributed by atoms with Gasteiger partial charge in [0.1, 0.15) is 29.4 Å². The molecule has 4 aromatic rings. The summed E-state index contributed by atoms with van der Waals surface area (Å²) in [5, 5.41) is 15.4. The molecule has 156 valence electrons. The van der Waals surface area contributed by atoms with Crippen molar-refractivity contribution in [2.45, 2.75) is 44.1 Å². The monoisotopic (exact) mass is 415 g/mol. The zero-order valence-electron chi connectivity index (χ0n) is 16.9. The molecule has 6 rings (SSSR count). The Morgan fingerprint density at radius 3 is 2.77 bits per heavy atom. The van der Waals surface area contributed by atoms with Crippen molar-refractivity contribution in [3.05, 3.63) is 65.2 Å². The van der Waals surface area contributed by atoms with E-state index in [2.05, 4.69) is 28.2 Å². The number of nitrogens with zero attached hydrogens (tertiary/aromatic N) is 4. The summed E-state index contributed by atoms with van der Waals surface area (Å²) >= 11 is 0. The SMILES string of the molecule is Nc1ncnc2c1c(-c1cc(O)cc(F)c1)nn2C1CCCc2cccc(C3CC3)c21. The number of phenolic OH excluding ortho intramolecular Hbond substituents is 1. The van der Waals surface area contributed by atoms with E-state index in [0.717, 1.165) is 25.3 Å². The predicted molar refractivity (Wildman–Crippen MR) is 116 cm³/mol. The fourth-order valence-electron chi connectivity index (χ4n) is 5.01. The summed E-state index contributed by atoms with van der Waals surface area (Å²) in [4.78, 5) is 8.68. The molecule has 2 aromatic heterocycles. The number of nitrogens with two attached hydrogens (primary N) is 1. The number of fused-ring (bicyclic) bond motifs is 2. The first-order chi connectivity index (χ1) is 15.1. The third-order valence-electron chi connectivity index (χ3n) is 6.47. The Morgan fingerprint density at radius 1 is 1.10 bits per heavy atom. The Kier molecular flexibility index (Phi) is 4.00. The molecular formula is C24H22FN5O. The van der Waals surface area contributed by atoms with Crippen LogP contribution in [0.5, 0.6) is 5.75 Å². The normalized spacial score (nSPS) is 18.3. The summed E-state index contributed by atoms with van der Waals surface area (Å²) < 4.78 is 16.0. The van der Waals surface area contributed by atoms with Crippen LogP contribution in [0, 0.1) is 5.82 Å². The summed E-state index contributed by atoms with van der Waals surface area (Å²) in [6.07, 6.45) is 6.97. The quantitative estimate of drug-likeness (QED) is 0.505. The van der Waals surface area contributed by atoms with Crippen LogP contribution in [-0.2, 0) is 6.42 Å². The number of rotatable bonds is 3. The van der Waals surface area contributed by atoms with E-state index in [4.69, 9.17) is 10.8 Å². The fourth-order valence-corrected chi connectivity index (χ4v) is 5.01. The van der Waals surface area contributed by atoms with E-state index in [1.807, 2.05) is 4.68 Å².